The van der Waals surface area contributed by atoms with Crippen LogP contribution in [0.3, 0.4) is 0 Å². The van der Waals surface area contributed by atoms with Gasteiger partial charge in [-0.1, -0.05) is 11.8 Å². The lowest BCUT2D eigenvalue weighted by Gasteiger charge is -2.09. The van der Waals surface area contributed by atoms with E-state index in [1.165, 1.54) is 11.8 Å². The van der Waals surface area contributed by atoms with Crippen LogP contribution in [0.4, 0.5) is 0 Å². The van der Waals surface area contributed by atoms with Crippen molar-refractivity contribution in [2.45, 2.75) is 43.4 Å². The topological polar surface area (TPSA) is 76.0 Å². The Morgan fingerprint density at radius 1 is 1.38 bits per heavy atom. The summed E-state index contributed by atoms with van der Waals surface area (Å²) in [6, 6.07) is 0. The van der Waals surface area contributed by atoms with Crippen molar-refractivity contribution in [1.82, 2.24) is 15.0 Å². The van der Waals surface area contributed by atoms with Crippen LogP contribution in [0.2, 0.25) is 0 Å². The van der Waals surface area contributed by atoms with Gasteiger partial charge in [-0.05, 0) is 26.7 Å². The van der Waals surface area contributed by atoms with E-state index < -0.39 is 5.97 Å². The van der Waals surface area contributed by atoms with E-state index in [1.807, 2.05) is 12.3 Å². The van der Waals surface area contributed by atoms with Crippen LogP contribution in [0.25, 0.3) is 0 Å². The Morgan fingerprint density at radius 2 is 2.14 bits per heavy atom. The molecule has 1 saturated carbocycles. The molecule has 2 aromatic heterocycles. The average molecular weight is 321 g/mol. The minimum atomic E-state index is -0.965. The van der Waals surface area contributed by atoms with E-state index in [1.54, 1.807) is 18.3 Å². The Balaban J connectivity index is 1.88. The third-order valence-corrected chi connectivity index (χ3v) is 5.37. The summed E-state index contributed by atoms with van der Waals surface area (Å²) in [4.78, 5) is 24.7. The van der Waals surface area contributed by atoms with Crippen molar-refractivity contribution < 1.29 is 9.90 Å². The summed E-state index contributed by atoms with van der Waals surface area (Å²) < 4.78 is 0. The van der Waals surface area contributed by atoms with Gasteiger partial charge < -0.3 is 5.11 Å². The molecular weight excluding hydrogens is 306 g/mol. The fraction of sp³-hybridized carbons (Fsp3) is 0.429. The number of hydrogen-bond donors (Lipinski definition) is 1. The van der Waals surface area contributed by atoms with Crippen LogP contribution >= 0.6 is 23.1 Å². The minimum Gasteiger partial charge on any atom is -0.478 e. The highest BCUT2D eigenvalue weighted by atomic mass is 32.2. The quantitative estimate of drug-likeness (QED) is 0.672. The van der Waals surface area contributed by atoms with E-state index in [4.69, 9.17) is 0 Å². The van der Waals surface area contributed by atoms with Gasteiger partial charge in [-0.25, -0.2) is 19.7 Å². The number of rotatable bonds is 5. The van der Waals surface area contributed by atoms with Gasteiger partial charge >= 0.3 is 5.97 Å². The van der Waals surface area contributed by atoms with Gasteiger partial charge in [-0.3, -0.25) is 0 Å². The van der Waals surface area contributed by atoms with Crippen LogP contribution in [0, 0.1) is 13.8 Å². The molecular formula is C14H15N3O2S2. The third kappa shape index (κ3) is 3.24. The van der Waals surface area contributed by atoms with Crippen molar-refractivity contribution in [1.29, 1.82) is 0 Å². The number of aryl methyl sites for hydroxylation is 2. The van der Waals surface area contributed by atoms with Gasteiger partial charge in [-0.15, -0.1) is 11.3 Å². The second-order valence-electron chi connectivity index (χ2n) is 5.10. The molecule has 7 heteroatoms. The number of aromatic carboxylic acids is 1. The molecule has 5 nitrogen and oxygen atoms in total. The molecule has 21 heavy (non-hydrogen) atoms. The summed E-state index contributed by atoms with van der Waals surface area (Å²) in [6.45, 7) is 3.70. The first-order valence-corrected chi connectivity index (χ1v) is 8.56. The summed E-state index contributed by atoms with van der Waals surface area (Å²) in [5.41, 5.74) is 1.77. The van der Waals surface area contributed by atoms with Gasteiger partial charge in [0.25, 0.3) is 0 Å². The number of thiazole rings is 1. The van der Waals surface area contributed by atoms with Gasteiger partial charge in [-0.2, -0.15) is 0 Å². The largest absolute Gasteiger partial charge is 0.478 e. The number of carbonyl (C=O) groups is 1. The molecule has 0 saturated heterocycles. The van der Waals surface area contributed by atoms with Crippen molar-refractivity contribution in [3.05, 3.63) is 33.2 Å². The zero-order valence-corrected chi connectivity index (χ0v) is 13.4. The molecule has 1 aliphatic rings. The highest BCUT2D eigenvalue weighted by molar-refractivity contribution is 7.98. The first-order valence-electron chi connectivity index (χ1n) is 6.70. The molecule has 0 spiro atoms. The minimum absolute atomic E-state index is 0.220. The van der Waals surface area contributed by atoms with Crippen LogP contribution in [-0.2, 0) is 5.75 Å². The molecule has 0 amide bonds. The summed E-state index contributed by atoms with van der Waals surface area (Å²) >= 11 is 3.02. The van der Waals surface area contributed by atoms with Crippen molar-refractivity contribution in [3.8, 4) is 0 Å². The van der Waals surface area contributed by atoms with Crippen LogP contribution in [-0.4, -0.2) is 26.0 Å². The van der Waals surface area contributed by atoms with Crippen LogP contribution in [0.5, 0.6) is 0 Å². The Bertz CT molecular complexity index is 696. The second kappa shape index (κ2) is 5.73. The predicted molar refractivity (Wildman–Crippen MR) is 82.1 cm³/mol. The maximum absolute atomic E-state index is 11.4. The van der Waals surface area contributed by atoms with Crippen molar-refractivity contribution in [2.24, 2.45) is 0 Å². The number of carboxylic acid groups (broad SMARTS) is 1. The summed E-state index contributed by atoms with van der Waals surface area (Å²) in [6.07, 6.45) is 2.20. The van der Waals surface area contributed by atoms with Crippen LogP contribution in [0.15, 0.2) is 10.4 Å². The smallest absolute Gasteiger partial charge is 0.340 e. The molecule has 0 aliphatic heterocycles. The highest BCUT2D eigenvalue weighted by Gasteiger charge is 2.29. The maximum atomic E-state index is 11.4. The van der Waals surface area contributed by atoms with Gasteiger partial charge in [0.05, 0.1) is 11.4 Å². The van der Waals surface area contributed by atoms with Crippen molar-refractivity contribution >= 4 is 29.1 Å². The lowest BCUT2D eigenvalue weighted by molar-refractivity contribution is 0.0690. The zero-order chi connectivity index (χ0) is 15.0. The number of aromatic nitrogens is 3. The van der Waals surface area contributed by atoms with E-state index in [2.05, 4.69) is 15.0 Å². The summed E-state index contributed by atoms with van der Waals surface area (Å²) in [7, 11) is 0. The first kappa shape index (κ1) is 14.5. The van der Waals surface area contributed by atoms with Crippen molar-refractivity contribution in [3.63, 3.8) is 0 Å². The first-order chi connectivity index (χ1) is 10.0. The van der Waals surface area contributed by atoms with Crippen LogP contribution < -0.4 is 0 Å². The SMILES string of the molecule is Cc1csc(CSc2nc(C3CC3)nc(C)c2C(=O)O)n1. The van der Waals surface area contributed by atoms with E-state index in [-0.39, 0.29) is 5.56 Å². The molecule has 2 heterocycles. The van der Waals surface area contributed by atoms with Gasteiger partial charge in [0.1, 0.15) is 21.4 Å². The Morgan fingerprint density at radius 3 is 2.71 bits per heavy atom. The van der Waals surface area contributed by atoms with Crippen molar-refractivity contribution in [2.75, 3.05) is 0 Å². The third-order valence-electron chi connectivity index (χ3n) is 3.23. The molecule has 0 unspecified atom stereocenters. The van der Waals surface area contributed by atoms with E-state index in [9.17, 15) is 9.90 Å². The molecule has 3 rings (SSSR count). The maximum Gasteiger partial charge on any atom is 0.340 e. The molecule has 110 valence electrons. The van der Waals surface area contributed by atoms with E-state index in [0.29, 0.717) is 22.4 Å². The molecule has 0 aromatic carbocycles. The number of carboxylic acids is 1. The molecule has 1 N–H and O–H groups in total. The van der Waals surface area contributed by atoms with Crippen LogP contribution in [0.1, 0.15) is 51.3 Å². The number of thioether (sulfide) groups is 1. The number of nitrogens with zero attached hydrogens (tertiary/aromatic N) is 3. The van der Waals surface area contributed by atoms with Gasteiger partial charge in [0.15, 0.2) is 0 Å². The normalized spacial score (nSPS) is 14.4. The highest BCUT2D eigenvalue weighted by Crippen LogP contribution is 2.39. The monoisotopic (exact) mass is 321 g/mol. The van der Waals surface area contributed by atoms with Gasteiger partial charge in [0, 0.05) is 17.0 Å². The molecule has 1 fully saturated rings. The molecule has 0 atom stereocenters. The van der Waals surface area contributed by atoms with E-state index in [0.717, 1.165) is 29.4 Å². The fourth-order valence-electron chi connectivity index (χ4n) is 2.04. The van der Waals surface area contributed by atoms with Gasteiger partial charge in [0.2, 0.25) is 0 Å². The summed E-state index contributed by atoms with van der Waals surface area (Å²) in [5.74, 6) is 0.871. The molecule has 0 radical (unpaired) electrons. The Labute approximate surface area is 130 Å². The zero-order valence-electron chi connectivity index (χ0n) is 11.8. The molecule has 0 bridgehead atoms. The molecule has 1 aliphatic carbocycles. The Kier molecular flexibility index (Phi) is 3.95. The predicted octanol–water partition coefficient (Wildman–Crippen LogP) is 3.42. The lowest BCUT2D eigenvalue weighted by atomic mass is 10.2. The van der Waals surface area contributed by atoms with E-state index >= 15 is 0 Å². The number of hydrogen-bond acceptors (Lipinski definition) is 6. The standard InChI is InChI=1S/C14H15N3O2S2/c1-7-5-20-10(15-7)6-21-13-11(14(18)19)8(2)16-12(17-13)9-3-4-9/h5,9H,3-4,6H2,1-2H3,(H,18,19). The Hall–Kier alpha value is -1.47. The molecule has 2 aromatic rings. The lowest BCUT2D eigenvalue weighted by Crippen LogP contribution is -2.09. The fourth-order valence-corrected chi connectivity index (χ4v) is 3.91. The summed E-state index contributed by atoms with van der Waals surface area (Å²) in [5, 5.41) is 12.9. The average Bonchev–Trinajstić information content (AvgIpc) is 3.18. The second-order valence-corrected chi connectivity index (χ2v) is 7.00.